The zero-order valence-electron chi connectivity index (χ0n) is 15.3. The number of fused-ring (bicyclic) bond motifs is 1. The van der Waals surface area contributed by atoms with Crippen molar-refractivity contribution in [2.45, 2.75) is 57.2 Å². The Morgan fingerprint density at radius 3 is 2.85 bits per heavy atom. The minimum atomic E-state index is -0.0472. The summed E-state index contributed by atoms with van der Waals surface area (Å²) in [7, 11) is 1.77. The van der Waals surface area contributed by atoms with Gasteiger partial charge in [0.05, 0.1) is 12.6 Å². The highest BCUT2D eigenvalue weighted by Crippen LogP contribution is 2.46. The Morgan fingerprint density at radius 2 is 2.12 bits per heavy atom. The van der Waals surface area contributed by atoms with Gasteiger partial charge in [0, 0.05) is 19.0 Å². The molecule has 1 aliphatic heterocycles. The van der Waals surface area contributed by atoms with Gasteiger partial charge in [-0.2, -0.15) is 4.98 Å². The van der Waals surface area contributed by atoms with Crippen molar-refractivity contribution in [2.24, 2.45) is 4.99 Å². The molecule has 4 rings (SSSR count). The van der Waals surface area contributed by atoms with Gasteiger partial charge in [0.25, 0.3) is 0 Å². The van der Waals surface area contributed by atoms with Gasteiger partial charge in [-0.1, -0.05) is 23.4 Å². The molecule has 26 heavy (non-hydrogen) atoms. The van der Waals surface area contributed by atoms with Crippen molar-refractivity contribution < 1.29 is 9.26 Å². The lowest BCUT2D eigenvalue weighted by molar-refractivity contribution is 0.0396. The summed E-state index contributed by atoms with van der Waals surface area (Å²) in [4.78, 5) is 8.57. The van der Waals surface area contributed by atoms with Crippen LogP contribution >= 0.6 is 0 Å². The SMILES string of the molecule is CN=C(NCc1nc(C)no1)NC1CC2(CCCC2)Oc2ccccc21. The monoisotopic (exact) mass is 355 g/mol. The van der Waals surface area contributed by atoms with Crippen molar-refractivity contribution >= 4 is 5.96 Å². The first kappa shape index (κ1) is 16.9. The average molecular weight is 355 g/mol. The number of guanidine groups is 1. The summed E-state index contributed by atoms with van der Waals surface area (Å²) >= 11 is 0. The maximum Gasteiger partial charge on any atom is 0.246 e. The van der Waals surface area contributed by atoms with E-state index in [-0.39, 0.29) is 11.6 Å². The van der Waals surface area contributed by atoms with Crippen molar-refractivity contribution in [3.8, 4) is 5.75 Å². The minimum absolute atomic E-state index is 0.0472. The third kappa shape index (κ3) is 3.38. The first-order valence-electron chi connectivity index (χ1n) is 9.22. The molecule has 7 heteroatoms. The van der Waals surface area contributed by atoms with E-state index in [9.17, 15) is 0 Å². The van der Waals surface area contributed by atoms with Crippen LogP contribution in [0.1, 0.15) is 55.4 Å². The fraction of sp³-hybridized carbons (Fsp3) is 0.526. The standard InChI is InChI=1S/C19H25N5O2/c1-13-22-17(26-24-13)12-21-18(20-2)23-15-11-19(9-5-6-10-19)25-16-8-4-3-7-14(15)16/h3-4,7-8,15H,5-6,9-12H2,1-2H3,(H2,20,21,23). The number of hydrogen-bond acceptors (Lipinski definition) is 5. The second kappa shape index (κ2) is 6.97. The van der Waals surface area contributed by atoms with Gasteiger partial charge in [-0.25, -0.2) is 0 Å². The first-order chi connectivity index (χ1) is 12.7. The smallest absolute Gasteiger partial charge is 0.246 e. The van der Waals surface area contributed by atoms with Gasteiger partial charge < -0.3 is 19.9 Å². The molecule has 2 heterocycles. The van der Waals surface area contributed by atoms with Crippen molar-refractivity contribution in [1.82, 2.24) is 20.8 Å². The normalized spacial score (nSPS) is 21.3. The molecule has 2 aromatic rings. The Kier molecular flexibility index (Phi) is 4.53. The van der Waals surface area contributed by atoms with Gasteiger partial charge >= 0.3 is 0 Å². The molecule has 0 saturated heterocycles. The van der Waals surface area contributed by atoms with Crippen LogP contribution in [-0.4, -0.2) is 28.7 Å². The zero-order chi connectivity index (χ0) is 18.0. The quantitative estimate of drug-likeness (QED) is 0.650. The van der Waals surface area contributed by atoms with Gasteiger partial charge in [0.2, 0.25) is 5.89 Å². The number of aryl methyl sites for hydroxylation is 1. The lowest BCUT2D eigenvalue weighted by Gasteiger charge is -2.40. The lowest BCUT2D eigenvalue weighted by Crippen LogP contribution is -2.46. The molecule has 138 valence electrons. The van der Waals surface area contributed by atoms with E-state index in [1.807, 2.05) is 6.07 Å². The summed E-state index contributed by atoms with van der Waals surface area (Å²) in [5, 5.41) is 10.6. The number of aromatic nitrogens is 2. The highest BCUT2D eigenvalue weighted by molar-refractivity contribution is 5.80. The Bertz CT molecular complexity index is 795. The maximum atomic E-state index is 6.42. The van der Waals surface area contributed by atoms with E-state index in [2.05, 4.69) is 44.0 Å². The highest BCUT2D eigenvalue weighted by atomic mass is 16.5. The van der Waals surface area contributed by atoms with Crippen molar-refractivity contribution in [3.63, 3.8) is 0 Å². The fourth-order valence-corrected chi connectivity index (χ4v) is 4.00. The van der Waals surface area contributed by atoms with Gasteiger partial charge in [-0.15, -0.1) is 0 Å². The summed E-state index contributed by atoms with van der Waals surface area (Å²) in [6.45, 7) is 2.25. The van der Waals surface area contributed by atoms with E-state index >= 15 is 0 Å². The molecular weight excluding hydrogens is 330 g/mol. The molecule has 1 unspecified atom stereocenters. The molecule has 1 spiro atoms. The first-order valence-corrected chi connectivity index (χ1v) is 9.22. The van der Waals surface area contributed by atoms with Crippen LogP contribution in [0.5, 0.6) is 5.75 Å². The van der Waals surface area contributed by atoms with E-state index in [1.54, 1.807) is 14.0 Å². The van der Waals surface area contributed by atoms with Crippen molar-refractivity contribution in [2.75, 3.05) is 7.05 Å². The van der Waals surface area contributed by atoms with Crippen LogP contribution in [-0.2, 0) is 6.54 Å². The molecule has 1 atom stereocenters. The summed E-state index contributed by atoms with van der Waals surface area (Å²) in [6.07, 6.45) is 5.65. The Balaban J connectivity index is 1.49. The van der Waals surface area contributed by atoms with Crippen molar-refractivity contribution in [3.05, 3.63) is 41.5 Å². The number of benzene rings is 1. The molecule has 0 bridgehead atoms. The molecular formula is C19H25N5O2. The summed E-state index contributed by atoms with van der Waals surface area (Å²) < 4.78 is 11.6. The number of para-hydroxylation sites is 1. The number of rotatable bonds is 3. The van der Waals surface area contributed by atoms with Crippen LogP contribution in [0.4, 0.5) is 0 Å². The van der Waals surface area contributed by atoms with Gasteiger partial charge in [-0.05, 0) is 38.7 Å². The zero-order valence-corrected chi connectivity index (χ0v) is 15.3. The molecule has 2 aliphatic rings. The van der Waals surface area contributed by atoms with Gasteiger partial charge in [-0.3, -0.25) is 4.99 Å². The van der Waals surface area contributed by atoms with E-state index in [0.717, 1.165) is 31.0 Å². The molecule has 1 aromatic carbocycles. The van der Waals surface area contributed by atoms with Crippen LogP contribution < -0.4 is 15.4 Å². The van der Waals surface area contributed by atoms with Crippen LogP contribution in [0.2, 0.25) is 0 Å². The fourth-order valence-electron chi connectivity index (χ4n) is 4.00. The van der Waals surface area contributed by atoms with E-state index in [1.165, 1.54) is 18.4 Å². The van der Waals surface area contributed by atoms with Crippen LogP contribution in [0.25, 0.3) is 0 Å². The lowest BCUT2D eigenvalue weighted by atomic mass is 9.86. The second-order valence-corrected chi connectivity index (χ2v) is 7.09. The predicted molar refractivity (Wildman–Crippen MR) is 98.0 cm³/mol. The van der Waals surface area contributed by atoms with Crippen molar-refractivity contribution in [1.29, 1.82) is 0 Å². The second-order valence-electron chi connectivity index (χ2n) is 7.09. The van der Waals surface area contributed by atoms with Crippen LogP contribution in [0.3, 0.4) is 0 Å². The number of ether oxygens (including phenoxy) is 1. The largest absolute Gasteiger partial charge is 0.487 e. The van der Waals surface area contributed by atoms with E-state index in [0.29, 0.717) is 18.3 Å². The van der Waals surface area contributed by atoms with Gasteiger partial charge in [0.15, 0.2) is 11.8 Å². The third-order valence-corrected chi connectivity index (χ3v) is 5.22. The van der Waals surface area contributed by atoms with E-state index < -0.39 is 0 Å². The molecule has 1 saturated carbocycles. The number of nitrogens with zero attached hydrogens (tertiary/aromatic N) is 3. The molecule has 7 nitrogen and oxygen atoms in total. The van der Waals surface area contributed by atoms with E-state index in [4.69, 9.17) is 9.26 Å². The summed E-state index contributed by atoms with van der Waals surface area (Å²) in [5.74, 6) is 2.88. The minimum Gasteiger partial charge on any atom is -0.487 e. The Hall–Kier alpha value is -2.57. The summed E-state index contributed by atoms with van der Waals surface area (Å²) in [5.41, 5.74) is 1.13. The third-order valence-electron chi connectivity index (χ3n) is 5.22. The average Bonchev–Trinajstić information content (AvgIpc) is 3.27. The van der Waals surface area contributed by atoms with Crippen LogP contribution in [0.15, 0.2) is 33.8 Å². The molecule has 2 N–H and O–H groups in total. The molecule has 1 fully saturated rings. The molecule has 0 amide bonds. The highest BCUT2D eigenvalue weighted by Gasteiger charge is 2.43. The number of hydrogen-bond donors (Lipinski definition) is 2. The molecule has 1 aliphatic carbocycles. The Morgan fingerprint density at radius 1 is 1.31 bits per heavy atom. The Labute approximate surface area is 153 Å². The van der Waals surface area contributed by atoms with Crippen LogP contribution in [0, 0.1) is 6.92 Å². The molecule has 1 aromatic heterocycles. The van der Waals surface area contributed by atoms with Gasteiger partial charge in [0.1, 0.15) is 11.4 Å². The summed E-state index contributed by atoms with van der Waals surface area (Å²) in [6, 6.07) is 8.45. The topological polar surface area (TPSA) is 84.6 Å². The maximum absolute atomic E-state index is 6.42. The predicted octanol–water partition coefficient (Wildman–Crippen LogP) is 2.88. The number of aliphatic imine (C=N–C) groups is 1. The molecule has 0 radical (unpaired) electrons. The number of nitrogens with one attached hydrogen (secondary N) is 2.